The van der Waals surface area contributed by atoms with E-state index in [0.29, 0.717) is 23.6 Å². The molecule has 1 aromatic carbocycles. The first-order valence-electron chi connectivity index (χ1n) is 5.63. The van der Waals surface area contributed by atoms with Crippen LogP contribution in [0.1, 0.15) is 18.9 Å². The number of nitrogens with zero attached hydrogens (tertiary/aromatic N) is 2. The average Bonchev–Trinajstić information content (AvgIpc) is 2.39. The molecular formula is C13H15ClN2O2. The number of methoxy groups -OCH3 is 1. The van der Waals surface area contributed by atoms with Crippen LogP contribution in [-0.4, -0.2) is 26.2 Å². The number of anilines is 1. The van der Waals surface area contributed by atoms with Crippen molar-refractivity contribution in [3.05, 3.63) is 28.8 Å². The molecule has 1 rings (SSSR count). The van der Waals surface area contributed by atoms with Crippen molar-refractivity contribution in [3.8, 4) is 6.07 Å². The van der Waals surface area contributed by atoms with Gasteiger partial charge in [-0.1, -0.05) is 11.6 Å². The summed E-state index contributed by atoms with van der Waals surface area (Å²) in [5.41, 5.74) is 1.34. The molecule has 96 valence electrons. The Morgan fingerprint density at radius 3 is 2.78 bits per heavy atom. The fourth-order valence-corrected chi connectivity index (χ4v) is 1.81. The van der Waals surface area contributed by atoms with Gasteiger partial charge in [-0.3, -0.25) is 4.79 Å². The van der Waals surface area contributed by atoms with Gasteiger partial charge in [0.05, 0.1) is 24.1 Å². The maximum absolute atomic E-state index is 11.1. The quantitative estimate of drug-likeness (QED) is 0.769. The second-order valence-electron chi connectivity index (χ2n) is 3.68. The van der Waals surface area contributed by atoms with Crippen molar-refractivity contribution in [1.29, 1.82) is 5.26 Å². The summed E-state index contributed by atoms with van der Waals surface area (Å²) in [6.45, 7) is 3.30. The number of halogens is 1. The highest BCUT2D eigenvalue weighted by atomic mass is 35.5. The molecule has 0 atom stereocenters. The van der Waals surface area contributed by atoms with Gasteiger partial charge in [0.2, 0.25) is 0 Å². The maximum atomic E-state index is 11.1. The molecule has 0 spiro atoms. The Morgan fingerprint density at radius 2 is 2.28 bits per heavy atom. The number of carbonyl (C=O) groups excluding carboxylic acids is 1. The third-order valence-corrected chi connectivity index (χ3v) is 2.95. The van der Waals surface area contributed by atoms with Crippen LogP contribution in [0.15, 0.2) is 18.2 Å². The Bertz CT molecular complexity index is 469. The fraction of sp³-hybridized carbons (Fsp3) is 0.385. The van der Waals surface area contributed by atoms with Gasteiger partial charge in [-0.05, 0) is 25.1 Å². The van der Waals surface area contributed by atoms with Gasteiger partial charge in [-0.15, -0.1) is 0 Å². The normalized spacial score (nSPS) is 9.67. The van der Waals surface area contributed by atoms with E-state index in [2.05, 4.69) is 4.74 Å². The highest BCUT2D eigenvalue weighted by molar-refractivity contribution is 6.32. The van der Waals surface area contributed by atoms with E-state index in [4.69, 9.17) is 16.9 Å². The van der Waals surface area contributed by atoms with E-state index in [1.165, 1.54) is 7.11 Å². The van der Waals surface area contributed by atoms with Crippen molar-refractivity contribution in [2.45, 2.75) is 13.3 Å². The SMILES string of the molecule is CCN(CCC(=O)OC)c1ccc(C#N)c(Cl)c1. The van der Waals surface area contributed by atoms with Crippen LogP contribution in [0, 0.1) is 11.3 Å². The minimum Gasteiger partial charge on any atom is -0.469 e. The molecule has 0 fully saturated rings. The van der Waals surface area contributed by atoms with E-state index in [-0.39, 0.29) is 5.97 Å². The molecule has 0 radical (unpaired) electrons. The highest BCUT2D eigenvalue weighted by Gasteiger charge is 2.09. The van der Waals surface area contributed by atoms with Gasteiger partial charge in [0.15, 0.2) is 0 Å². The van der Waals surface area contributed by atoms with Crippen LogP contribution in [-0.2, 0) is 9.53 Å². The lowest BCUT2D eigenvalue weighted by atomic mass is 10.2. The number of carbonyl (C=O) groups is 1. The van der Waals surface area contributed by atoms with Crippen LogP contribution in [0.5, 0.6) is 0 Å². The third kappa shape index (κ3) is 3.64. The van der Waals surface area contributed by atoms with Gasteiger partial charge in [0, 0.05) is 18.8 Å². The number of benzene rings is 1. The van der Waals surface area contributed by atoms with Crippen LogP contribution < -0.4 is 4.90 Å². The molecule has 5 heteroatoms. The molecule has 0 saturated carbocycles. The number of nitriles is 1. The summed E-state index contributed by atoms with van der Waals surface area (Å²) >= 11 is 5.98. The zero-order valence-electron chi connectivity index (χ0n) is 10.4. The monoisotopic (exact) mass is 266 g/mol. The van der Waals surface area contributed by atoms with Gasteiger partial charge in [0.25, 0.3) is 0 Å². The minimum absolute atomic E-state index is 0.242. The Morgan fingerprint density at radius 1 is 1.56 bits per heavy atom. The molecule has 4 nitrogen and oxygen atoms in total. The topological polar surface area (TPSA) is 53.3 Å². The van der Waals surface area contributed by atoms with E-state index in [0.717, 1.165) is 12.2 Å². The van der Waals surface area contributed by atoms with E-state index < -0.39 is 0 Å². The zero-order chi connectivity index (χ0) is 13.5. The van der Waals surface area contributed by atoms with Crippen LogP contribution in [0.2, 0.25) is 5.02 Å². The van der Waals surface area contributed by atoms with Crippen LogP contribution in [0.3, 0.4) is 0 Å². The molecule has 0 aliphatic carbocycles. The van der Waals surface area contributed by atoms with Crippen LogP contribution >= 0.6 is 11.6 Å². The predicted molar refractivity (Wildman–Crippen MR) is 70.7 cm³/mol. The van der Waals surface area contributed by atoms with Gasteiger partial charge in [-0.2, -0.15) is 5.26 Å². The standard InChI is InChI=1S/C13H15ClN2O2/c1-3-16(7-6-13(17)18-2)11-5-4-10(9-15)12(14)8-11/h4-5,8H,3,6-7H2,1-2H3. The molecule has 0 aliphatic rings. The van der Waals surface area contributed by atoms with E-state index in [9.17, 15) is 4.79 Å². The average molecular weight is 267 g/mol. The second kappa shape index (κ2) is 6.87. The fourth-order valence-electron chi connectivity index (χ4n) is 1.59. The molecule has 0 bridgehead atoms. The van der Waals surface area contributed by atoms with Crippen molar-refractivity contribution >= 4 is 23.3 Å². The summed E-state index contributed by atoms with van der Waals surface area (Å²) in [5, 5.41) is 9.23. The smallest absolute Gasteiger partial charge is 0.307 e. The minimum atomic E-state index is -0.242. The molecular weight excluding hydrogens is 252 g/mol. The molecule has 1 aromatic rings. The van der Waals surface area contributed by atoms with Crippen molar-refractivity contribution in [2.24, 2.45) is 0 Å². The molecule has 0 aromatic heterocycles. The molecule has 0 unspecified atom stereocenters. The van der Waals surface area contributed by atoms with Gasteiger partial charge < -0.3 is 9.64 Å². The Kier molecular flexibility index (Phi) is 5.47. The number of hydrogen-bond donors (Lipinski definition) is 0. The Labute approximate surface area is 112 Å². The molecule has 0 saturated heterocycles. The molecule has 0 heterocycles. The van der Waals surface area contributed by atoms with Crippen molar-refractivity contribution in [1.82, 2.24) is 0 Å². The molecule has 18 heavy (non-hydrogen) atoms. The van der Waals surface area contributed by atoms with Gasteiger partial charge in [-0.25, -0.2) is 0 Å². The molecule has 0 aliphatic heterocycles. The summed E-state index contributed by atoms with van der Waals surface area (Å²) < 4.78 is 4.61. The van der Waals surface area contributed by atoms with E-state index in [1.807, 2.05) is 24.0 Å². The highest BCUT2D eigenvalue weighted by Crippen LogP contribution is 2.23. The summed E-state index contributed by atoms with van der Waals surface area (Å²) in [6.07, 6.45) is 0.321. The van der Waals surface area contributed by atoms with Crippen molar-refractivity contribution < 1.29 is 9.53 Å². The lowest BCUT2D eigenvalue weighted by molar-refractivity contribution is -0.140. The number of ether oxygens (including phenoxy) is 1. The first-order chi connectivity index (χ1) is 8.62. The van der Waals surface area contributed by atoms with E-state index >= 15 is 0 Å². The Balaban J connectivity index is 2.79. The summed E-state index contributed by atoms with van der Waals surface area (Å²) in [7, 11) is 1.37. The third-order valence-electron chi connectivity index (χ3n) is 2.63. The first kappa shape index (κ1) is 14.3. The molecule has 0 amide bonds. The second-order valence-corrected chi connectivity index (χ2v) is 4.09. The predicted octanol–water partition coefficient (Wildman–Crippen LogP) is 2.60. The van der Waals surface area contributed by atoms with Gasteiger partial charge >= 0.3 is 5.97 Å². The largest absolute Gasteiger partial charge is 0.469 e. The summed E-state index contributed by atoms with van der Waals surface area (Å²) in [5.74, 6) is -0.242. The lowest BCUT2D eigenvalue weighted by Gasteiger charge is -2.22. The first-order valence-corrected chi connectivity index (χ1v) is 6.01. The number of rotatable bonds is 5. The zero-order valence-corrected chi connectivity index (χ0v) is 11.2. The number of hydrogen-bond acceptors (Lipinski definition) is 4. The lowest BCUT2D eigenvalue weighted by Crippen LogP contribution is -2.26. The van der Waals surface area contributed by atoms with E-state index in [1.54, 1.807) is 12.1 Å². The van der Waals surface area contributed by atoms with Gasteiger partial charge in [0.1, 0.15) is 6.07 Å². The van der Waals surface area contributed by atoms with Crippen molar-refractivity contribution in [3.63, 3.8) is 0 Å². The number of esters is 1. The van der Waals surface area contributed by atoms with Crippen LogP contribution in [0.25, 0.3) is 0 Å². The summed E-state index contributed by atoms with van der Waals surface area (Å²) in [6, 6.07) is 7.25. The Hall–Kier alpha value is -1.73. The van der Waals surface area contributed by atoms with Crippen molar-refractivity contribution in [2.75, 3.05) is 25.1 Å². The molecule has 0 N–H and O–H groups in total. The maximum Gasteiger partial charge on any atom is 0.307 e. The summed E-state index contributed by atoms with van der Waals surface area (Å²) in [4.78, 5) is 13.1. The van der Waals surface area contributed by atoms with Crippen LogP contribution in [0.4, 0.5) is 5.69 Å².